The third-order valence-electron chi connectivity index (χ3n) is 14.1. The zero-order chi connectivity index (χ0) is 42.8. The molecule has 0 bridgehead atoms. The minimum absolute atomic E-state index is 1.19. The van der Waals surface area contributed by atoms with Crippen LogP contribution in [0.25, 0.3) is 147 Å². The van der Waals surface area contributed by atoms with E-state index in [2.05, 4.69) is 203 Å². The molecule has 16 rings (SSSR count). The predicted molar refractivity (Wildman–Crippen MR) is 292 cm³/mol. The molecular formula is C60H32N2S4. The van der Waals surface area contributed by atoms with Crippen molar-refractivity contribution in [2.75, 3.05) is 0 Å². The van der Waals surface area contributed by atoms with E-state index in [0.29, 0.717) is 0 Å². The molecule has 0 aliphatic heterocycles. The van der Waals surface area contributed by atoms with E-state index in [-0.39, 0.29) is 0 Å². The molecule has 10 aromatic carbocycles. The minimum atomic E-state index is 1.19. The first-order chi connectivity index (χ1) is 32.7. The van der Waals surface area contributed by atoms with Crippen LogP contribution in [0, 0.1) is 0 Å². The van der Waals surface area contributed by atoms with Crippen molar-refractivity contribution in [3.63, 3.8) is 0 Å². The summed E-state index contributed by atoms with van der Waals surface area (Å²) in [6.45, 7) is 0. The van der Waals surface area contributed by atoms with Crippen LogP contribution in [0.3, 0.4) is 0 Å². The van der Waals surface area contributed by atoms with Gasteiger partial charge in [0.15, 0.2) is 0 Å². The van der Waals surface area contributed by atoms with Crippen LogP contribution in [0.2, 0.25) is 0 Å². The number of thiophene rings is 4. The zero-order valence-corrected chi connectivity index (χ0v) is 38.3. The first kappa shape index (κ1) is 36.0. The highest BCUT2D eigenvalue weighted by Crippen LogP contribution is 2.46. The van der Waals surface area contributed by atoms with Crippen LogP contribution in [0.5, 0.6) is 0 Å². The van der Waals surface area contributed by atoms with Gasteiger partial charge in [0.1, 0.15) is 0 Å². The summed E-state index contributed by atoms with van der Waals surface area (Å²) in [6, 6.07) is 73.3. The Hall–Kier alpha value is -7.32. The molecule has 2 nitrogen and oxygen atoms in total. The Morgan fingerprint density at radius 2 is 0.561 bits per heavy atom. The summed E-state index contributed by atoms with van der Waals surface area (Å²) in [4.78, 5) is 0. The minimum Gasteiger partial charge on any atom is -0.309 e. The molecule has 0 atom stereocenters. The second kappa shape index (κ2) is 13.2. The van der Waals surface area contributed by atoms with E-state index >= 15 is 0 Å². The highest BCUT2D eigenvalue weighted by atomic mass is 32.1. The van der Waals surface area contributed by atoms with Gasteiger partial charge in [0.25, 0.3) is 0 Å². The van der Waals surface area contributed by atoms with Crippen LogP contribution >= 0.6 is 45.3 Å². The highest BCUT2D eigenvalue weighted by molar-refractivity contribution is 7.28. The third-order valence-corrected chi connectivity index (χ3v) is 18.6. The van der Waals surface area contributed by atoms with Crippen molar-refractivity contribution < 1.29 is 0 Å². The molecule has 0 saturated carbocycles. The molecule has 0 aliphatic rings. The van der Waals surface area contributed by atoms with Crippen LogP contribution in [-0.2, 0) is 0 Å². The monoisotopic (exact) mass is 908 g/mol. The number of para-hydroxylation sites is 2. The first-order valence-electron chi connectivity index (χ1n) is 22.3. The molecule has 0 N–H and O–H groups in total. The van der Waals surface area contributed by atoms with E-state index in [1.54, 1.807) is 0 Å². The maximum Gasteiger partial charge on any atom is 0.0541 e. The number of nitrogens with zero attached hydrogens (tertiary/aromatic N) is 2. The molecule has 0 radical (unpaired) electrons. The summed E-state index contributed by atoms with van der Waals surface area (Å²) in [7, 11) is 0. The SMILES string of the molecule is c1ccc2c(c1)sc1cc3sc4ccc(-n5c6ccccc6c6cc(-c7ccc8c(c7)c7ccccc7n8-c7ccc8sc9cc%10sc%11ccccc%11c%10cc9c8c7)ccc65)cc4c3cc12. The number of hydrogen-bond acceptors (Lipinski definition) is 4. The van der Waals surface area contributed by atoms with Gasteiger partial charge in [-0.25, -0.2) is 0 Å². The van der Waals surface area contributed by atoms with Gasteiger partial charge in [0.2, 0.25) is 0 Å². The maximum absolute atomic E-state index is 2.46. The number of hydrogen-bond donors (Lipinski definition) is 0. The molecule has 66 heavy (non-hydrogen) atoms. The van der Waals surface area contributed by atoms with Crippen LogP contribution < -0.4 is 0 Å². The van der Waals surface area contributed by atoms with E-state index in [1.807, 2.05) is 45.3 Å². The van der Waals surface area contributed by atoms with Gasteiger partial charge in [-0.15, -0.1) is 45.3 Å². The fraction of sp³-hybridized carbons (Fsp3) is 0. The summed E-state index contributed by atoms with van der Waals surface area (Å²) < 4.78 is 15.7. The molecule has 0 amide bonds. The van der Waals surface area contributed by atoms with Gasteiger partial charge in [-0.1, -0.05) is 84.9 Å². The largest absolute Gasteiger partial charge is 0.309 e. The molecule has 6 heterocycles. The van der Waals surface area contributed by atoms with Crippen LogP contribution in [-0.4, -0.2) is 9.13 Å². The second-order valence-electron chi connectivity index (χ2n) is 17.6. The Morgan fingerprint density at radius 1 is 0.212 bits per heavy atom. The second-order valence-corrected chi connectivity index (χ2v) is 22.0. The summed E-state index contributed by atoms with van der Waals surface area (Å²) in [6.07, 6.45) is 0. The lowest BCUT2D eigenvalue weighted by Crippen LogP contribution is -1.93. The molecule has 0 unspecified atom stereocenters. The van der Waals surface area contributed by atoms with Crippen LogP contribution in [0.1, 0.15) is 0 Å². The molecule has 0 fully saturated rings. The number of aromatic nitrogens is 2. The molecule has 0 aliphatic carbocycles. The molecule has 16 aromatic rings. The van der Waals surface area contributed by atoms with Crippen molar-refractivity contribution >= 4 is 170 Å². The lowest BCUT2D eigenvalue weighted by Gasteiger charge is -2.10. The van der Waals surface area contributed by atoms with Crippen molar-refractivity contribution in [1.82, 2.24) is 9.13 Å². The van der Waals surface area contributed by atoms with E-state index in [1.165, 1.54) is 147 Å². The Kier molecular flexibility index (Phi) is 7.17. The van der Waals surface area contributed by atoms with Crippen molar-refractivity contribution in [2.24, 2.45) is 0 Å². The number of fused-ring (bicyclic) bond motifs is 18. The maximum atomic E-state index is 2.46. The van der Waals surface area contributed by atoms with Crippen molar-refractivity contribution in [3.05, 3.63) is 194 Å². The van der Waals surface area contributed by atoms with Crippen LogP contribution in [0.15, 0.2) is 194 Å². The Bertz CT molecular complexity index is 4470. The van der Waals surface area contributed by atoms with E-state index in [4.69, 9.17) is 0 Å². The zero-order valence-electron chi connectivity index (χ0n) is 35.0. The van der Waals surface area contributed by atoms with Gasteiger partial charge < -0.3 is 9.13 Å². The number of rotatable bonds is 3. The normalized spacial score (nSPS) is 12.5. The first-order valence-corrected chi connectivity index (χ1v) is 25.6. The van der Waals surface area contributed by atoms with Gasteiger partial charge in [-0.05, 0) is 120 Å². The lowest BCUT2D eigenvalue weighted by atomic mass is 10.0. The standard InChI is InChI=1S/C60H32N2S4/c1-5-13-49-37(9-1)41-25-33(17-21-51(41)61(49)35-19-23-55-43(27-35)47-29-45-39-11-3-7-15-53(39)63-57(45)31-59(47)65-55)34-18-22-52-42(26-34)38-10-2-6-14-50(38)62(52)36-20-24-56-44(28-36)48-30-46-40-12-4-8-16-54(40)64-58(46)32-60(48)66-56/h1-32H. The predicted octanol–water partition coefficient (Wildman–Crippen LogP) is 19.0. The Labute approximate surface area is 392 Å². The highest BCUT2D eigenvalue weighted by Gasteiger charge is 2.19. The fourth-order valence-corrected chi connectivity index (χ4v) is 15.7. The van der Waals surface area contributed by atoms with Gasteiger partial charge in [-0.3, -0.25) is 0 Å². The van der Waals surface area contributed by atoms with Crippen LogP contribution in [0.4, 0.5) is 0 Å². The van der Waals surface area contributed by atoms with Gasteiger partial charge >= 0.3 is 0 Å². The molecule has 6 aromatic heterocycles. The summed E-state index contributed by atoms with van der Waals surface area (Å²) in [5, 5.41) is 15.7. The van der Waals surface area contributed by atoms with Gasteiger partial charge in [0, 0.05) is 114 Å². The van der Waals surface area contributed by atoms with Crippen molar-refractivity contribution in [3.8, 4) is 22.5 Å². The van der Waals surface area contributed by atoms with E-state index in [0.717, 1.165) is 0 Å². The Balaban J connectivity index is 0.837. The number of benzene rings is 10. The lowest BCUT2D eigenvalue weighted by molar-refractivity contribution is 1.19. The van der Waals surface area contributed by atoms with Gasteiger partial charge in [-0.2, -0.15) is 0 Å². The molecular weight excluding hydrogens is 877 g/mol. The smallest absolute Gasteiger partial charge is 0.0541 e. The Morgan fingerprint density at radius 3 is 1.02 bits per heavy atom. The van der Waals surface area contributed by atoms with Gasteiger partial charge in [0.05, 0.1) is 22.1 Å². The topological polar surface area (TPSA) is 9.86 Å². The van der Waals surface area contributed by atoms with E-state index in [9.17, 15) is 0 Å². The average molecular weight is 909 g/mol. The summed E-state index contributed by atoms with van der Waals surface area (Å²) in [5.74, 6) is 0. The molecule has 306 valence electrons. The van der Waals surface area contributed by atoms with Crippen molar-refractivity contribution in [1.29, 1.82) is 0 Å². The molecule has 6 heteroatoms. The fourth-order valence-electron chi connectivity index (χ4n) is 11.1. The van der Waals surface area contributed by atoms with E-state index < -0.39 is 0 Å². The summed E-state index contributed by atoms with van der Waals surface area (Å²) in [5.41, 5.74) is 9.68. The van der Waals surface area contributed by atoms with Crippen molar-refractivity contribution in [2.45, 2.75) is 0 Å². The summed E-state index contributed by atoms with van der Waals surface area (Å²) >= 11 is 7.59. The molecule has 0 saturated heterocycles. The molecule has 0 spiro atoms. The third kappa shape index (κ3) is 4.94. The quantitative estimate of drug-likeness (QED) is 0.167. The average Bonchev–Trinajstić information content (AvgIpc) is 4.21.